The molecule has 0 N–H and O–H groups in total. The normalized spacial score (nSPS) is 14.0. The number of halogens is 1. The van der Waals surface area contributed by atoms with Crippen LogP contribution in [0.15, 0.2) is 28.7 Å². The Balaban J connectivity index is 2.49. The highest BCUT2D eigenvalue weighted by molar-refractivity contribution is 9.10. The largest absolute Gasteiger partial charge is 0.0587 e. The highest BCUT2D eigenvalue weighted by Gasteiger charge is 2.18. The Morgan fingerprint density at radius 3 is 2.19 bits per heavy atom. The van der Waals surface area contributed by atoms with Gasteiger partial charge in [0, 0.05) is 4.47 Å². The van der Waals surface area contributed by atoms with Gasteiger partial charge in [-0.2, -0.15) is 0 Å². The molecule has 0 saturated carbocycles. The Morgan fingerprint density at radius 2 is 1.56 bits per heavy atom. The number of aryl methyl sites for hydroxylation is 2. The number of hydrogen-bond donors (Lipinski definition) is 0. The third-order valence-corrected chi connectivity index (χ3v) is 4.26. The van der Waals surface area contributed by atoms with Crippen molar-refractivity contribution in [2.75, 3.05) is 0 Å². The van der Waals surface area contributed by atoms with Crippen LogP contribution in [0.5, 0.6) is 0 Å². The summed E-state index contributed by atoms with van der Waals surface area (Å²) in [6.45, 7) is 4.54. The molecule has 2 aromatic carbocycles. The van der Waals surface area contributed by atoms with Crippen molar-refractivity contribution in [1.82, 2.24) is 0 Å². The molecule has 0 saturated heterocycles. The average molecular weight is 275 g/mol. The Hall–Kier alpha value is -0.820. The summed E-state index contributed by atoms with van der Waals surface area (Å²) in [7, 11) is 0. The lowest BCUT2D eigenvalue weighted by Crippen LogP contribution is -1.92. The van der Waals surface area contributed by atoms with Gasteiger partial charge in [0.25, 0.3) is 0 Å². The Bertz CT molecular complexity index is 557. The highest BCUT2D eigenvalue weighted by atomic mass is 79.9. The van der Waals surface area contributed by atoms with Crippen LogP contribution < -0.4 is 0 Å². The first-order valence-electron chi connectivity index (χ1n) is 5.91. The molecule has 82 valence electrons. The first-order chi connectivity index (χ1) is 7.68. The Labute approximate surface area is 105 Å². The van der Waals surface area contributed by atoms with Crippen LogP contribution in [0.3, 0.4) is 0 Å². The number of benzene rings is 2. The zero-order chi connectivity index (χ0) is 11.3. The topological polar surface area (TPSA) is 0 Å². The van der Waals surface area contributed by atoms with Gasteiger partial charge in [-0.3, -0.25) is 0 Å². The van der Waals surface area contributed by atoms with E-state index in [2.05, 4.69) is 54.0 Å². The molecule has 0 fully saturated rings. The van der Waals surface area contributed by atoms with Crippen LogP contribution in [0.25, 0.3) is 10.8 Å². The average Bonchev–Trinajstić information content (AvgIpc) is 2.67. The summed E-state index contributed by atoms with van der Waals surface area (Å²) >= 11 is 3.71. The maximum atomic E-state index is 3.71. The number of rotatable bonds is 1. The van der Waals surface area contributed by atoms with Crippen LogP contribution in [-0.4, -0.2) is 0 Å². The Kier molecular flexibility index (Phi) is 2.32. The summed E-state index contributed by atoms with van der Waals surface area (Å²) in [5.41, 5.74) is 4.51. The van der Waals surface area contributed by atoms with Crippen molar-refractivity contribution in [3.63, 3.8) is 0 Å². The molecule has 0 atom stereocenters. The van der Waals surface area contributed by atoms with E-state index >= 15 is 0 Å². The van der Waals surface area contributed by atoms with Crippen molar-refractivity contribution < 1.29 is 0 Å². The van der Waals surface area contributed by atoms with Gasteiger partial charge >= 0.3 is 0 Å². The van der Waals surface area contributed by atoms with Gasteiger partial charge in [0.15, 0.2) is 0 Å². The summed E-state index contributed by atoms with van der Waals surface area (Å²) in [6.07, 6.45) is 2.42. The lowest BCUT2D eigenvalue weighted by atomic mass is 9.93. The third kappa shape index (κ3) is 1.34. The van der Waals surface area contributed by atoms with E-state index in [0.29, 0.717) is 5.92 Å². The Morgan fingerprint density at radius 1 is 0.938 bits per heavy atom. The molecule has 1 heteroatoms. The van der Waals surface area contributed by atoms with E-state index in [4.69, 9.17) is 0 Å². The smallest absolute Gasteiger partial charge is 0.0256 e. The van der Waals surface area contributed by atoms with Crippen LogP contribution in [0.2, 0.25) is 0 Å². The molecular weight excluding hydrogens is 260 g/mol. The van der Waals surface area contributed by atoms with Crippen molar-refractivity contribution in [2.24, 2.45) is 0 Å². The molecule has 1 aliphatic rings. The minimum atomic E-state index is 0.584. The van der Waals surface area contributed by atoms with Crippen LogP contribution in [-0.2, 0) is 12.8 Å². The van der Waals surface area contributed by atoms with Crippen LogP contribution in [0.4, 0.5) is 0 Å². The van der Waals surface area contributed by atoms with E-state index < -0.39 is 0 Å². The molecule has 0 spiro atoms. The minimum absolute atomic E-state index is 0.584. The maximum Gasteiger partial charge on any atom is 0.0256 e. The molecule has 0 heterocycles. The predicted octanol–water partition coefficient (Wildman–Crippen LogP) is 4.82. The van der Waals surface area contributed by atoms with Gasteiger partial charge < -0.3 is 0 Å². The molecule has 0 radical (unpaired) electrons. The van der Waals surface area contributed by atoms with E-state index in [9.17, 15) is 0 Å². The van der Waals surface area contributed by atoms with Gasteiger partial charge in [0.2, 0.25) is 0 Å². The van der Waals surface area contributed by atoms with Crippen LogP contribution >= 0.6 is 15.9 Å². The van der Waals surface area contributed by atoms with E-state index in [0.717, 1.165) is 0 Å². The third-order valence-electron chi connectivity index (χ3n) is 3.60. The van der Waals surface area contributed by atoms with E-state index in [1.165, 1.54) is 44.8 Å². The van der Waals surface area contributed by atoms with E-state index in [-0.39, 0.29) is 0 Å². The predicted molar refractivity (Wildman–Crippen MR) is 73.1 cm³/mol. The van der Waals surface area contributed by atoms with Crippen LogP contribution in [0, 0.1) is 0 Å². The van der Waals surface area contributed by atoms with Crippen molar-refractivity contribution in [3.8, 4) is 0 Å². The fourth-order valence-electron chi connectivity index (χ4n) is 2.79. The second-order valence-corrected chi connectivity index (χ2v) is 5.78. The quantitative estimate of drug-likeness (QED) is 0.699. The number of hydrogen-bond acceptors (Lipinski definition) is 0. The fraction of sp³-hybridized carbons (Fsp3) is 0.333. The lowest BCUT2D eigenvalue weighted by molar-refractivity contribution is 0.875. The SMILES string of the molecule is CC(C)c1ccc2c3c(ccc(Br)c13)CC2. The van der Waals surface area contributed by atoms with Crippen molar-refractivity contribution in [2.45, 2.75) is 32.6 Å². The van der Waals surface area contributed by atoms with Crippen molar-refractivity contribution in [1.29, 1.82) is 0 Å². The van der Waals surface area contributed by atoms with Crippen molar-refractivity contribution in [3.05, 3.63) is 45.4 Å². The molecule has 0 nitrogen and oxygen atoms in total. The molecule has 2 aromatic rings. The van der Waals surface area contributed by atoms with Gasteiger partial charge in [-0.05, 0) is 52.3 Å². The molecule has 1 aliphatic carbocycles. The monoisotopic (exact) mass is 274 g/mol. The standard InChI is InChI=1S/C15H15Br/c1-9(2)12-7-5-10-3-4-11-6-8-13(16)15(12)14(10)11/h5-9H,3-4H2,1-2H3. The highest BCUT2D eigenvalue weighted by Crippen LogP contribution is 2.39. The summed E-state index contributed by atoms with van der Waals surface area (Å²) in [5, 5.41) is 2.96. The second kappa shape index (κ2) is 3.59. The maximum absolute atomic E-state index is 3.71. The molecule has 16 heavy (non-hydrogen) atoms. The van der Waals surface area contributed by atoms with Gasteiger partial charge in [-0.1, -0.05) is 48.0 Å². The van der Waals surface area contributed by atoms with Gasteiger partial charge in [-0.15, -0.1) is 0 Å². The molecular formula is C15H15Br. The summed E-state index contributed by atoms with van der Waals surface area (Å²) in [5.74, 6) is 0.584. The van der Waals surface area contributed by atoms with Crippen LogP contribution in [0.1, 0.15) is 36.5 Å². The second-order valence-electron chi connectivity index (χ2n) is 4.93. The van der Waals surface area contributed by atoms with Gasteiger partial charge in [0.05, 0.1) is 0 Å². The molecule has 0 unspecified atom stereocenters. The summed E-state index contributed by atoms with van der Waals surface area (Å²) in [4.78, 5) is 0. The fourth-order valence-corrected chi connectivity index (χ4v) is 3.35. The van der Waals surface area contributed by atoms with Crippen molar-refractivity contribution >= 4 is 26.7 Å². The summed E-state index contributed by atoms with van der Waals surface area (Å²) < 4.78 is 1.25. The van der Waals surface area contributed by atoms with E-state index in [1.807, 2.05) is 0 Å². The lowest BCUT2D eigenvalue weighted by Gasteiger charge is -2.13. The first-order valence-corrected chi connectivity index (χ1v) is 6.70. The summed E-state index contributed by atoms with van der Waals surface area (Å²) in [6, 6.07) is 9.11. The zero-order valence-electron chi connectivity index (χ0n) is 9.68. The van der Waals surface area contributed by atoms with Gasteiger partial charge in [0.1, 0.15) is 0 Å². The minimum Gasteiger partial charge on any atom is -0.0587 e. The first kappa shape index (κ1) is 10.3. The zero-order valence-corrected chi connectivity index (χ0v) is 11.3. The molecule has 0 amide bonds. The van der Waals surface area contributed by atoms with Gasteiger partial charge in [-0.25, -0.2) is 0 Å². The molecule has 0 aliphatic heterocycles. The molecule has 0 bridgehead atoms. The van der Waals surface area contributed by atoms with E-state index in [1.54, 1.807) is 0 Å². The molecule has 3 rings (SSSR count). The molecule has 0 aromatic heterocycles.